The van der Waals surface area contributed by atoms with Crippen LogP contribution in [0.3, 0.4) is 0 Å². The number of unbranched alkanes of at least 4 members (excludes halogenated alkanes) is 7. The van der Waals surface area contributed by atoms with Gasteiger partial charge in [0.1, 0.15) is 5.75 Å². The third kappa shape index (κ3) is 12.5. The fraction of sp³-hybridized carbons (Fsp3) is 0.600. The molecule has 0 aliphatic heterocycles. The lowest BCUT2D eigenvalue weighted by atomic mass is 10.0. The first-order valence-electron chi connectivity index (χ1n) is 13.4. The van der Waals surface area contributed by atoms with E-state index in [1.165, 1.54) is 68.1 Å². The molecule has 3 heteroatoms. The highest BCUT2D eigenvalue weighted by atomic mass is 28.4. The maximum absolute atomic E-state index is 6.15. The summed E-state index contributed by atoms with van der Waals surface area (Å²) >= 11 is 0. The van der Waals surface area contributed by atoms with Gasteiger partial charge in [-0.15, -0.1) is 0 Å². The number of ether oxygens (including phenoxy) is 1. The molecule has 0 amide bonds. The van der Waals surface area contributed by atoms with Crippen LogP contribution in [0, 0.1) is 0 Å². The molecule has 0 aliphatic rings. The van der Waals surface area contributed by atoms with Crippen molar-refractivity contribution in [3.63, 3.8) is 0 Å². The second-order valence-electron chi connectivity index (χ2n) is 10.5. The molecule has 0 saturated heterocycles. The Morgan fingerprint density at radius 1 is 0.697 bits per heavy atom. The highest BCUT2D eigenvalue weighted by Gasteiger charge is 2.17. The lowest BCUT2D eigenvalue weighted by Crippen LogP contribution is -2.30. The molecular weight excluding hydrogens is 420 g/mol. The molecule has 0 radical (unpaired) electrons. The maximum atomic E-state index is 6.15. The van der Waals surface area contributed by atoms with Gasteiger partial charge in [-0.3, -0.25) is 0 Å². The maximum Gasteiger partial charge on any atom is 0.184 e. The van der Waals surface area contributed by atoms with Crippen LogP contribution in [0.4, 0.5) is 0 Å². The van der Waals surface area contributed by atoms with Gasteiger partial charge >= 0.3 is 0 Å². The zero-order valence-electron chi connectivity index (χ0n) is 22.0. The Labute approximate surface area is 205 Å². The molecule has 0 heterocycles. The summed E-state index contributed by atoms with van der Waals surface area (Å²) in [5, 5.41) is 0. The van der Waals surface area contributed by atoms with E-state index in [1.807, 2.05) is 0 Å². The molecule has 0 bridgehead atoms. The van der Waals surface area contributed by atoms with Gasteiger partial charge in [0.15, 0.2) is 8.32 Å². The van der Waals surface area contributed by atoms with E-state index in [0.29, 0.717) is 6.10 Å². The summed E-state index contributed by atoms with van der Waals surface area (Å²) in [6.07, 6.45) is 14.4. The molecular formula is C30H48O2Si. The van der Waals surface area contributed by atoms with Crippen molar-refractivity contribution in [3.8, 4) is 16.9 Å². The molecule has 0 fully saturated rings. The molecule has 1 unspecified atom stereocenters. The molecule has 0 saturated carbocycles. The number of hydrogen-bond acceptors (Lipinski definition) is 2. The van der Waals surface area contributed by atoms with Crippen molar-refractivity contribution >= 4 is 8.32 Å². The zero-order valence-corrected chi connectivity index (χ0v) is 23.0. The molecule has 2 rings (SSSR count). The number of aryl methyl sites for hydroxylation is 1. The number of hydrogen-bond donors (Lipinski definition) is 0. The van der Waals surface area contributed by atoms with E-state index < -0.39 is 8.32 Å². The van der Waals surface area contributed by atoms with Gasteiger partial charge in [0.05, 0.1) is 6.61 Å². The van der Waals surface area contributed by atoms with Gasteiger partial charge in [-0.2, -0.15) is 0 Å². The molecule has 1 atom stereocenters. The highest BCUT2D eigenvalue weighted by molar-refractivity contribution is 6.69. The van der Waals surface area contributed by atoms with Crippen LogP contribution in [0.1, 0.15) is 83.6 Å². The van der Waals surface area contributed by atoms with Crippen molar-refractivity contribution in [1.82, 2.24) is 0 Å². The number of benzene rings is 2. The van der Waals surface area contributed by atoms with Crippen molar-refractivity contribution in [2.75, 3.05) is 6.61 Å². The standard InChI is InChI=1S/C30H48O2Si/c1-6-7-8-9-10-11-12-13-25-31-30-23-21-29(22-24-30)28-19-17-27(18-20-28)16-14-15-26(2)32-33(3,4)5/h17-24,26H,6-16,25H2,1-5H3. The van der Waals surface area contributed by atoms with E-state index in [4.69, 9.17) is 9.16 Å². The highest BCUT2D eigenvalue weighted by Crippen LogP contribution is 2.24. The molecule has 33 heavy (non-hydrogen) atoms. The van der Waals surface area contributed by atoms with Gasteiger partial charge in [-0.05, 0) is 81.1 Å². The monoisotopic (exact) mass is 468 g/mol. The van der Waals surface area contributed by atoms with Crippen molar-refractivity contribution in [3.05, 3.63) is 54.1 Å². The lowest BCUT2D eigenvalue weighted by molar-refractivity contribution is 0.200. The van der Waals surface area contributed by atoms with Crippen molar-refractivity contribution < 1.29 is 9.16 Å². The fourth-order valence-corrected chi connectivity index (χ4v) is 5.61. The first kappa shape index (κ1) is 27.7. The minimum absolute atomic E-state index is 0.368. The summed E-state index contributed by atoms with van der Waals surface area (Å²) in [6.45, 7) is 12.1. The van der Waals surface area contributed by atoms with Crippen molar-refractivity contribution in [2.24, 2.45) is 0 Å². The average molecular weight is 469 g/mol. The SMILES string of the molecule is CCCCCCCCCCOc1ccc(-c2ccc(CCCC(C)O[Si](C)(C)C)cc2)cc1. The molecule has 2 aromatic rings. The second-order valence-corrected chi connectivity index (χ2v) is 14.9. The summed E-state index contributed by atoms with van der Waals surface area (Å²) in [7, 11) is -1.43. The summed E-state index contributed by atoms with van der Waals surface area (Å²) in [5.74, 6) is 0.980. The summed E-state index contributed by atoms with van der Waals surface area (Å²) < 4.78 is 12.1. The van der Waals surface area contributed by atoms with Gasteiger partial charge in [0, 0.05) is 6.10 Å². The molecule has 2 nitrogen and oxygen atoms in total. The van der Waals surface area contributed by atoms with E-state index in [2.05, 4.69) is 82.0 Å². The Balaban J connectivity index is 1.66. The van der Waals surface area contributed by atoms with Gasteiger partial charge in [-0.1, -0.05) is 88.3 Å². The zero-order chi connectivity index (χ0) is 23.9. The van der Waals surface area contributed by atoms with E-state index in [9.17, 15) is 0 Å². The Morgan fingerprint density at radius 3 is 1.82 bits per heavy atom. The molecule has 184 valence electrons. The quantitative estimate of drug-likeness (QED) is 0.170. The van der Waals surface area contributed by atoms with Gasteiger partial charge in [0.2, 0.25) is 0 Å². The summed E-state index contributed by atoms with van der Waals surface area (Å²) in [5.41, 5.74) is 3.92. The minimum Gasteiger partial charge on any atom is -0.494 e. The van der Waals surface area contributed by atoms with Gasteiger partial charge < -0.3 is 9.16 Å². The smallest absolute Gasteiger partial charge is 0.184 e. The Morgan fingerprint density at radius 2 is 1.24 bits per heavy atom. The predicted octanol–water partition coefficient (Wildman–Crippen LogP) is 9.44. The van der Waals surface area contributed by atoms with Gasteiger partial charge in [-0.25, -0.2) is 0 Å². The van der Waals surface area contributed by atoms with Crippen LogP contribution in [-0.2, 0) is 10.8 Å². The first-order chi connectivity index (χ1) is 15.9. The molecule has 0 N–H and O–H groups in total. The third-order valence-corrected chi connectivity index (χ3v) is 7.15. The largest absolute Gasteiger partial charge is 0.494 e. The van der Waals surface area contributed by atoms with Crippen LogP contribution in [0.25, 0.3) is 11.1 Å². The van der Waals surface area contributed by atoms with E-state index in [-0.39, 0.29) is 0 Å². The van der Waals surface area contributed by atoms with E-state index >= 15 is 0 Å². The van der Waals surface area contributed by atoms with Crippen LogP contribution in [0.5, 0.6) is 5.75 Å². The van der Waals surface area contributed by atoms with Crippen molar-refractivity contribution in [1.29, 1.82) is 0 Å². The topological polar surface area (TPSA) is 18.5 Å². The normalized spacial score (nSPS) is 12.6. The third-order valence-electron chi connectivity index (χ3n) is 6.04. The summed E-state index contributed by atoms with van der Waals surface area (Å²) in [4.78, 5) is 0. The second kappa shape index (κ2) is 15.3. The van der Waals surface area contributed by atoms with Crippen LogP contribution >= 0.6 is 0 Å². The van der Waals surface area contributed by atoms with Crippen LogP contribution < -0.4 is 4.74 Å². The van der Waals surface area contributed by atoms with Crippen LogP contribution in [-0.4, -0.2) is 21.0 Å². The lowest BCUT2D eigenvalue weighted by Gasteiger charge is -2.23. The molecule has 0 aliphatic carbocycles. The molecule has 0 spiro atoms. The Bertz CT molecular complexity index is 746. The van der Waals surface area contributed by atoms with E-state index in [0.717, 1.165) is 31.6 Å². The van der Waals surface area contributed by atoms with Crippen molar-refractivity contribution in [2.45, 2.75) is 110 Å². The molecule has 2 aromatic carbocycles. The van der Waals surface area contributed by atoms with Crippen LogP contribution in [0.15, 0.2) is 48.5 Å². The van der Waals surface area contributed by atoms with Gasteiger partial charge in [0.25, 0.3) is 0 Å². The number of rotatable bonds is 17. The Kier molecular flexibility index (Phi) is 12.9. The molecule has 0 aromatic heterocycles. The van der Waals surface area contributed by atoms with Crippen LogP contribution in [0.2, 0.25) is 19.6 Å². The minimum atomic E-state index is -1.43. The Hall–Kier alpha value is -1.58. The first-order valence-corrected chi connectivity index (χ1v) is 16.8. The predicted molar refractivity (Wildman–Crippen MR) is 147 cm³/mol. The van der Waals surface area contributed by atoms with E-state index in [1.54, 1.807) is 0 Å². The average Bonchev–Trinajstić information content (AvgIpc) is 2.78. The fourth-order valence-electron chi connectivity index (χ4n) is 4.29. The summed E-state index contributed by atoms with van der Waals surface area (Å²) in [6, 6.07) is 17.6.